The molecule has 4 nitrogen and oxygen atoms in total. The molecule has 0 aliphatic rings. The Balaban J connectivity index is 1.65. The normalized spacial score (nSPS) is 10.5. The number of halogens is 2. The van der Waals surface area contributed by atoms with E-state index in [-0.39, 0.29) is 5.82 Å². The van der Waals surface area contributed by atoms with Crippen LogP contribution in [-0.4, -0.2) is 16.5 Å². The number of aryl methyl sites for hydroxylation is 1. The monoisotopic (exact) mass is 356 g/mol. The van der Waals surface area contributed by atoms with Crippen LogP contribution in [-0.2, 0) is 6.42 Å². The smallest absolute Gasteiger partial charge is 0.136 e. The molecule has 0 saturated heterocycles. The minimum absolute atomic E-state index is 0.224. The maximum absolute atomic E-state index is 12.9. The summed E-state index contributed by atoms with van der Waals surface area (Å²) in [5, 5.41) is 7.10. The largest absolute Gasteiger partial charge is 0.370 e. The molecule has 0 aliphatic heterocycles. The van der Waals surface area contributed by atoms with Gasteiger partial charge in [0.2, 0.25) is 0 Å². The molecule has 0 bridgehead atoms. The summed E-state index contributed by atoms with van der Waals surface area (Å²) < 4.78 is 12.9. The van der Waals surface area contributed by atoms with Crippen molar-refractivity contribution in [3.05, 3.63) is 76.8 Å². The summed E-state index contributed by atoms with van der Waals surface area (Å²) in [6.45, 7) is 2.52. The molecule has 1 heterocycles. The van der Waals surface area contributed by atoms with Crippen LogP contribution in [0.15, 0.2) is 54.6 Å². The predicted molar refractivity (Wildman–Crippen MR) is 100 cm³/mol. The van der Waals surface area contributed by atoms with Crippen LogP contribution < -0.4 is 10.6 Å². The molecule has 0 unspecified atom stereocenters. The number of aromatic nitrogens is 2. The molecule has 0 amide bonds. The van der Waals surface area contributed by atoms with E-state index in [1.54, 1.807) is 12.1 Å². The molecule has 0 atom stereocenters. The van der Waals surface area contributed by atoms with Crippen molar-refractivity contribution >= 4 is 28.9 Å². The summed E-state index contributed by atoms with van der Waals surface area (Å²) >= 11 is 6.17. The third kappa shape index (κ3) is 4.90. The first-order valence-corrected chi connectivity index (χ1v) is 8.33. The minimum atomic E-state index is -0.224. The van der Waals surface area contributed by atoms with Gasteiger partial charge in [0.05, 0.1) is 10.7 Å². The van der Waals surface area contributed by atoms with Gasteiger partial charge in [-0.3, -0.25) is 0 Å². The third-order valence-corrected chi connectivity index (χ3v) is 3.94. The summed E-state index contributed by atoms with van der Waals surface area (Å²) in [6, 6.07) is 15.8. The second-order valence-corrected chi connectivity index (χ2v) is 6.00. The Bertz CT molecular complexity index is 852. The molecular formula is C19H18ClFN4. The Hall–Kier alpha value is -2.66. The topological polar surface area (TPSA) is 49.8 Å². The molecule has 0 fully saturated rings. The highest BCUT2D eigenvalue weighted by molar-refractivity contribution is 6.33. The lowest BCUT2D eigenvalue weighted by atomic mass is 10.1. The van der Waals surface area contributed by atoms with Gasteiger partial charge in [-0.05, 0) is 43.2 Å². The number of nitrogens with one attached hydrogen (secondary N) is 2. The number of para-hydroxylation sites is 1. The highest BCUT2D eigenvalue weighted by Gasteiger charge is 2.05. The van der Waals surface area contributed by atoms with Crippen molar-refractivity contribution in [1.82, 2.24) is 9.97 Å². The molecule has 0 aliphatic carbocycles. The molecule has 2 N–H and O–H groups in total. The van der Waals surface area contributed by atoms with Crippen molar-refractivity contribution in [1.29, 1.82) is 0 Å². The fourth-order valence-electron chi connectivity index (χ4n) is 2.41. The minimum Gasteiger partial charge on any atom is -0.370 e. The summed E-state index contributed by atoms with van der Waals surface area (Å²) in [4.78, 5) is 8.77. The zero-order valence-electron chi connectivity index (χ0n) is 13.8. The van der Waals surface area contributed by atoms with E-state index in [0.29, 0.717) is 23.2 Å². The first-order chi connectivity index (χ1) is 12.1. The molecule has 3 aromatic rings. The van der Waals surface area contributed by atoms with Crippen molar-refractivity contribution < 1.29 is 4.39 Å². The van der Waals surface area contributed by atoms with Crippen molar-refractivity contribution in [3.8, 4) is 0 Å². The van der Waals surface area contributed by atoms with Gasteiger partial charge in [-0.2, -0.15) is 0 Å². The van der Waals surface area contributed by atoms with Crippen molar-refractivity contribution in [2.24, 2.45) is 0 Å². The fraction of sp³-hybridized carbons (Fsp3) is 0.158. The Morgan fingerprint density at radius 1 is 1.00 bits per heavy atom. The van der Waals surface area contributed by atoms with Crippen molar-refractivity contribution in [2.45, 2.75) is 13.3 Å². The van der Waals surface area contributed by atoms with Gasteiger partial charge in [-0.25, -0.2) is 14.4 Å². The van der Waals surface area contributed by atoms with E-state index in [9.17, 15) is 4.39 Å². The van der Waals surface area contributed by atoms with Crippen LogP contribution in [0.1, 0.15) is 11.4 Å². The van der Waals surface area contributed by atoms with Gasteiger partial charge < -0.3 is 10.6 Å². The first-order valence-electron chi connectivity index (χ1n) is 7.96. The van der Waals surface area contributed by atoms with Crippen LogP contribution >= 0.6 is 11.6 Å². The lowest BCUT2D eigenvalue weighted by molar-refractivity contribution is 0.627. The van der Waals surface area contributed by atoms with Gasteiger partial charge in [0.1, 0.15) is 23.3 Å². The molecule has 6 heteroatoms. The van der Waals surface area contributed by atoms with Gasteiger partial charge in [0, 0.05) is 12.6 Å². The number of benzene rings is 2. The van der Waals surface area contributed by atoms with Crippen LogP contribution in [0.4, 0.5) is 21.7 Å². The fourth-order valence-corrected chi connectivity index (χ4v) is 2.59. The number of rotatable bonds is 6. The zero-order chi connectivity index (χ0) is 17.6. The lowest BCUT2D eigenvalue weighted by Crippen LogP contribution is -2.08. The summed E-state index contributed by atoms with van der Waals surface area (Å²) in [5.41, 5.74) is 1.86. The predicted octanol–water partition coefficient (Wildman–Crippen LogP) is 4.98. The van der Waals surface area contributed by atoms with Gasteiger partial charge in [-0.15, -0.1) is 0 Å². The van der Waals surface area contributed by atoms with Crippen LogP contribution in [0, 0.1) is 12.7 Å². The molecule has 0 spiro atoms. The van der Waals surface area contributed by atoms with Crippen LogP contribution in [0.5, 0.6) is 0 Å². The molecule has 0 saturated carbocycles. The van der Waals surface area contributed by atoms with E-state index in [2.05, 4.69) is 20.6 Å². The van der Waals surface area contributed by atoms with Crippen LogP contribution in [0.3, 0.4) is 0 Å². The average molecular weight is 357 g/mol. The van der Waals surface area contributed by atoms with Crippen LogP contribution in [0.2, 0.25) is 5.02 Å². The quantitative estimate of drug-likeness (QED) is 0.654. The standard InChI is InChI=1S/C19H18ClFN4/c1-13-23-18(22-11-10-14-6-8-15(21)9-7-14)12-19(24-13)25-17-5-3-2-4-16(17)20/h2-9,12H,10-11H2,1H3,(H2,22,23,24,25). The third-order valence-electron chi connectivity index (χ3n) is 3.61. The maximum atomic E-state index is 12.9. The number of nitrogens with zero attached hydrogens (tertiary/aromatic N) is 2. The highest BCUT2D eigenvalue weighted by atomic mass is 35.5. The number of anilines is 3. The first kappa shape index (κ1) is 17.2. The van der Waals surface area contributed by atoms with E-state index in [1.807, 2.05) is 37.3 Å². The summed E-state index contributed by atoms with van der Waals surface area (Å²) in [6.07, 6.45) is 0.774. The second-order valence-electron chi connectivity index (χ2n) is 5.59. The lowest BCUT2D eigenvalue weighted by Gasteiger charge is -2.11. The molecular weight excluding hydrogens is 339 g/mol. The van der Waals surface area contributed by atoms with E-state index in [4.69, 9.17) is 11.6 Å². The van der Waals surface area contributed by atoms with Crippen LogP contribution in [0.25, 0.3) is 0 Å². The van der Waals surface area contributed by atoms with E-state index < -0.39 is 0 Å². The molecule has 3 rings (SSSR count). The van der Waals surface area contributed by atoms with Gasteiger partial charge in [0.25, 0.3) is 0 Å². The van der Waals surface area contributed by atoms with Gasteiger partial charge in [0.15, 0.2) is 0 Å². The second kappa shape index (κ2) is 7.94. The average Bonchev–Trinajstić information content (AvgIpc) is 2.58. The number of hydrogen-bond donors (Lipinski definition) is 2. The highest BCUT2D eigenvalue weighted by Crippen LogP contribution is 2.24. The van der Waals surface area contributed by atoms with E-state index in [0.717, 1.165) is 23.5 Å². The SMILES string of the molecule is Cc1nc(NCCc2ccc(F)cc2)cc(Nc2ccccc2Cl)n1. The Kier molecular flexibility index (Phi) is 5.46. The summed E-state index contributed by atoms with van der Waals surface area (Å²) in [5.74, 6) is 1.83. The zero-order valence-corrected chi connectivity index (χ0v) is 14.5. The van der Waals surface area contributed by atoms with Gasteiger partial charge in [-0.1, -0.05) is 35.9 Å². The van der Waals surface area contributed by atoms with Crippen molar-refractivity contribution in [3.63, 3.8) is 0 Å². The number of hydrogen-bond acceptors (Lipinski definition) is 4. The maximum Gasteiger partial charge on any atom is 0.136 e. The Morgan fingerprint density at radius 3 is 2.48 bits per heavy atom. The van der Waals surface area contributed by atoms with Gasteiger partial charge >= 0.3 is 0 Å². The van der Waals surface area contributed by atoms with E-state index in [1.165, 1.54) is 12.1 Å². The van der Waals surface area contributed by atoms with E-state index >= 15 is 0 Å². The molecule has 128 valence electrons. The van der Waals surface area contributed by atoms with Crippen molar-refractivity contribution in [2.75, 3.05) is 17.2 Å². The Labute approximate surface area is 151 Å². The molecule has 25 heavy (non-hydrogen) atoms. The molecule has 2 aromatic carbocycles. The summed E-state index contributed by atoms with van der Waals surface area (Å²) in [7, 11) is 0. The Morgan fingerprint density at radius 2 is 1.72 bits per heavy atom. The molecule has 0 radical (unpaired) electrons. The molecule has 1 aromatic heterocycles.